The molecule has 90 valence electrons. The van der Waals surface area contributed by atoms with Crippen molar-refractivity contribution < 1.29 is 14.7 Å². The van der Waals surface area contributed by atoms with E-state index in [1.165, 1.54) is 6.42 Å². The Hall–Kier alpha value is -1.10. The van der Waals surface area contributed by atoms with Crippen LogP contribution in [0.2, 0.25) is 0 Å². The molecule has 0 radical (unpaired) electrons. The molecule has 1 saturated carbocycles. The summed E-state index contributed by atoms with van der Waals surface area (Å²) in [6, 6.07) is 0. The molecule has 5 nitrogen and oxygen atoms in total. The van der Waals surface area contributed by atoms with Crippen LogP contribution in [0.4, 0.5) is 0 Å². The maximum Gasteiger partial charge on any atom is 0.317 e. The molecular formula is C11H18N2O3. The number of carbonyl (C=O) groups is 2. The zero-order chi connectivity index (χ0) is 11.5. The van der Waals surface area contributed by atoms with Crippen LogP contribution in [0.5, 0.6) is 0 Å². The molecule has 0 unspecified atom stereocenters. The van der Waals surface area contributed by atoms with E-state index < -0.39 is 5.97 Å². The first-order valence-corrected chi connectivity index (χ1v) is 5.90. The summed E-state index contributed by atoms with van der Waals surface area (Å²) in [4.78, 5) is 26.2. The number of rotatable bonds is 3. The molecule has 0 aromatic rings. The Morgan fingerprint density at radius 1 is 1.12 bits per heavy atom. The lowest BCUT2D eigenvalue weighted by molar-refractivity contribution is -0.141. The van der Waals surface area contributed by atoms with E-state index >= 15 is 0 Å². The third-order valence-electron chi connectivity index (χ3n) is 3.50. The topological polar surface area (TPSA) is 60.9 Å². The molecule has 1 amide bonds. The smallest absolute Gasteiger partial charge is 0.317 e. The van der Waals surface area contributed by atoms with Gasteiger partial charge in [-0.1, -0.05) is 6.42 Å². The van der Waals surface area contributed by atoms with Gasteiger partial charge < -0.3 is 10.0 Å². The normalized spacial score (nSPS) is 22.9. The molecule has 2 fully saturated rings. The second-order valence-electron chi connectivity index (χ2n) is 4.62. The molecule has 1 heterocycles. The highest BCUT2D eigenvalue weighted by molar-refractivity contribution is 5.79. The summed E-state index contributed by atoms with van der Waals surface area (Å²) < 4.78 is 0. The number of hydrogen-bond donors (Lipinski definition) is 1. The zero-order valence-corrected chi connectivity index (χ0v) is 9.39. The molecule has 1 aliphatic carbocycles. The van der Waals surface area contributed by atoms with Crippen molar-refractivity contribution in [2.24, 2.45) is 5.92 Å². The molecule has 0 bridgehead atoms. The minimum Gasteiger partial charge on any atom is -0.480 e. The highest BCUT2D eigenvalue weighted by Gasteiger charge is 2.31. The first-order chi connectivity index (χ1) is 7.66. The van der Waals surface area contributed by atoms with E-state index in [1.807, 2.05) is 9.80 Å². The third-order valence-corrected chi connectivity index (χ3v) is 3.50. The molecule has 1 aliphatic heterocycles. The van der Waals surface area contributed by atoms with E-state index in [-0.39, 0.29) is 18.4 Å². The van der Waals surface area contributed by atoms with Crippen molar-refractivity contribution in [3.63, 3.8) is 0 Å². The molecule has 2 rings (SSSR count). The highest BCUT2D eigenvalue weighted by Crippen LogP contribution is 2.28. The van der Waals surface area contributed by atoms with Gasteiger partial charge in [-0.2, -0.15) is 0 Å². The second kappa shape index (κ2) is 4.82. The minimum atomic E-state index is -0.793. The summed E-state index contributed by atoms with van der Waals surface area (Å²) >= 11 is 0. The van der Waals surface area contributed by atoms with Crippen LogP contribution in [-0.2, 0) is 9.59 Å². The summed E-state index contributed by atoms with van der Waals surface area (Å²) in [5, 5.41) is 8.65. The molecule has 1 saturated heterocycles. The van der Waals surface area contributed by atoms with Crippen LogP contribution in [0.25, 0.3) is 0 Å². The highest BCUT2D eigenvalue weighted by atomic mass is 16.4. The quantitative estimate of drug-likeness (QED) is 0.736. The fourth-order valence-corrected chi connectivity index (χ4v) is 2.23. The molecule has 1 N–H and O–H groups in total. The molecule has 2 aliphatic rings. The SMILES string of the molecule is O=C(O)CN1CCN(C(=O)C2CCC2)CC1. The van der Waals surface area contributed by atoms with Crippen molar-refractivity contribution in [1.29, 1.82) is 0 Å². The predicted molar refractivity (Wildman–Crippen MR) is 58.0 cm³/mol. The number of carbonyl (C=O) groups excluding carboxylic acids is 1. The first-order valence-electron chi connectivity index (χ1n) is 5.90. The summed E-state index contributed by atoms with van der Waals surface area (Å²) in [6.07, 6.45) is 3.25. The first kappa shape index (κ1) is 11.4. The van der Waals surface area contributed by atoms with E-state index in [2.05, 4.69) is 0 Å². The molecule has 5 heteroatoms. The van der Waals surface area contributed by atoms with Gasteiger partial charge in [-0.3, -0.25) is 14.5 Å². The van der Waals surface area contributed by atoms with Crippen LogP contribution in [0, 0.1) is 5.92 Å². The number of amides is 1. The van der Waals surface area contributed by atoms with E-state index in [9.17, 15) is 9.59 Å². The van der Waals surface area contributed by atoms with Gasteiger partial charge in [0.05, 0.1) is 6.54 Å². The zero-order valence-electron chi connectivity index (χ0n) is 9.39. The predicted octanol–water partition coefficient (Wildman–Crippen LogP) is 0.0153. The molecule has 0 spiro atoms. The monoisotopic (exact) mass is 226 g/mol. The lowest BCUT2D eigenvalue weighted by Gasteiger charge is -2.37. The van der Waals surface area contributed by atoms with Crippen molar-refractivity contribution in [1.82, 2.24) is 9.80 Å². The molecule has 0 aromatic carbocycles. The Kier molecular flexibility index (Phi) is 3.43. The number of hydrogen-bond acceptors (Lipinski definition) is 3. The minimum absolute atomic E-state index is 0.0887. The Balaban J connectivity index is 1.76. The van der Waals surface area contributed by atoms with Crippen molar-refractivity contribution in [2.75, 3.05) is 32.7 Å². The third kappa shape index (κ3) is 2.52. The van der Waals surface area contributed by atoms with Gasteiger partial charge in [-0.25, -0.2) is 0 Å². The van der Waals surface area contributed by atoms with Crippen LogP contribution >= 0.6 is 0 Å². The largest absolute Gasteiger partial charge is 0.480 e. The average molecular weight is 226 g/mol. The van der Waals surface area contributed by atoms with Gasteiger partial charge in [0.1, 0.15) is 0 Å². The van der Waals surface area contributed by atoms with Gasteiger partial charge in [0, 0.05) is 32.1 Å². The van der Waals surface area contributed by atoms with E-state index in [0.29, 0.717) is 26.2 Å². The van der Waals surface area contributed by atoms with Gasteiger partial charge >= 0.3 is 5.97 Å². The van der Waals surface area contributed by atoms with Crippen LogP contribution in [0.3, 0.4) is 0 Å². The Labute approximate surface area is 95.0 Å². The lowest BCUT2D eigenvalue weighted by atomic mass is 9.84. The number of nitrogens with zero attached hydrogens (tertiary/aromatic N) is 2. The fourth-order valence-electron chi connectivity index (χ4n) is 2.23. The number of piperazine rings is 1. The molecular weight excluding hydrogens is 208 g/mol. The maximum atomic E-state index is 11.9. The van der Waals surface area contributed by atoms with E-state index in [0.717, 1.165) is 12.8 Å². The summed E-state index contributed by atoms with van der Waals surface area (Å²) in [5.74, 6) is -0.258. The molecule has 0 atom stereocenters. The standard InChI is InChI=1S/C11H18N2O3/c14-10(15)8-12-4-6-13(7-5-12)11(16)9-2-1-3-9/h9H,1-8H2,(H,14,15). The van der Waals surface area contributed by atoms with Crippen molar-refractivity contribution in [3.05, 3.63) is 0 Å². The number of carboxylic acid groups (broad SMARTS) is 1. The van der Waals surface area contributed by atoms with Gasteiger partial charge in [-0.15, -0.1) is 0 Å². The maximum absolute atomic E-state index is 11.9. The number of carboxylic acids is 1. The Morgan fingerprint density at radius 2 is 1.75 bits per heavy atom. The van der Waals surface area contributed by atoms with E-state index in [4.69, 9.17) is 5.11 Å². The second-order valence-corrected chi connectivity index (χ2v) is 4.62. The van der Waals surface area contributed by atoms with Gasteiger partial charge in [0.25, 0.3) is 0 Å². The summed E-state index contributed by atoms with van der Waals surface area (Å²) in [6.45, 7) is 2.83. The Bertz CT molecular complexity index is 281. The van der Waals surface area contributed by atoms with Crippen molar-refractivity contribution >= 4 is 11.9 Å². The van der Waals surface area contributed by atoms with E-state index in [1.54, 1.807) is 0 Å². The summed E-state index contributed by atoms with van der Waals surface area (Å²) in [5.41, 5.74) is 0. The van der Waals surface area contributed by atoms with Crippen molar-refractivity contribution in [2.45, 2.75) is 19.3 Å². The van der Waals surface area contributed by atoms with Crippen molar-refractivity contribution in [3.8, 4) is 0 Å². The Morgan fingerprint density at radius 3 is 2.19 bits per heavy atom. The van der Waals surface area contributed by atoms with Gasteiger partial charge in [-0.05, 0) is 12.8 Å². The van der Waals surface area contributed by atoms with Crippen LogP contribution in [-0.4, -0.2) is 59.5 Å². The fraction of sp³-hybridized carbons (Fsp3) is 0.818. The molecule has 0 aromatic heterocycles. The van der Waals surface area contributed by atoms with Gasteiger partial charge in [0.2, 0.25) is 5.91 Å². The van der Waals surface area contributed by atoms with Gasteiger partial charge in [0.15, 0.2) is 0 Å². The average Bonchev–Trinajstić information content (AvgIpc) is 2.15. The summed E-state index contributed by atoms with van der Waals surface area (Å²) in [7, 11) is 0. The number of aliphatic carboxylic acids is 1. The van der Waals surface area contributed by atoms with Crippen LogP contribution in [0.1, 0.15) is 19.3 Å². The molecule has 16 heavy (non-hydrogen) atoms. The van der Waals surface area contributed by atoms with Crippen LogP contribution < -0.4 is 0 Å². The van der Waals surface area contributed by atoms with Crippen LogP contribution in [0.15, 0.2) is 0 Å². The lowest BCUT2D eigenvalue weighted by Crippen LogP contribution is -2.52.